The lowest BCUT2D eigenvalue weighted by Crippen LogP contribution is -2.47. The van der Waals surface area contributed by atoms with Crippen LogP contribution in [0.1, 0.15) is 41.2 Å². The molecule has 1 aliphatic heterocycles. The topological polar surface area (TPSA) is 80.2 Å². The molecule has 0 spiro atoms. The normalized spacial score (nSPS) is 17.7. The van der Waals surface area contributed by atoms with E-state index in [1.165, 1.54) is 0 Å². The number of ether oxygens (including phenoxy) is 2. The Morgan fingerprint density at radius 2 is 1.70 bits per heavy atom. The first-order valence-electron chi connectivity index (χ1n) is 14.2. The molecule has 0 aromatic heterocycles. The highest BCUT2D eigenvalue weighted by Gasteiger charge is 2.53. The Kier molecular flexibility index (Phi) is 10.6. The van der Waals surface area contributed by atoms with Crippen molar-refractivity contribution in [1.82, 2.24) is 5.32 Å². The molecule has 2 N–H and O–H groups in total. The molecule has 0 saturated heterocycles. The predicted molar refractivity (Wildman–Crippen MR) is 177 cm³/mol. The summed E-state index contributed by atoms with van der Waals surface area (Å²) in [6, 6.07) is 29.5. The van der Waals surface area contributed by atoms with Crippen LogP contribution in [0.4, 0.5) is 0 Å². The van der Waals surface area contributed by atoms with Gasteiger partial charge in [0.15, 0.2) is 11.6 Å². The number of aliphatic hydroxyl groups is 1. The molecule has 226 valence electrons. The molecule has 9 heteroatoms. The van der Waals surface area contributed by atoms with E-state index >= 15 is 0 Å². The van der Waals surface area contributed by atoms with Crippen molar-refractivity contribution in [2.45, 2.75) is 31.0 Å². The van der Waals surface area contributed by atoms with Crippen LogP contribution in [-0.2, 0) is 16.1 Å². The Hall–Kier alpha value is -3.81. The van der Waals surface area contributed by atoms with Crippen molar-refractivity contribution in [1.29, 1.82) is 0 Å². The highest BCUT2D eigenvalue weighted by atomic mass is 35.5. The molecule has 44 heavy (non-hydrogen) atoms. The number of carbonyl (C=O) groups is 1. The van der Waals surface area contributed by atoms with E-state index in [1.54, 1.807) is 36.4 Å². The highest BCUT2D eigenvalue weighted by Crippen LogP contribution is 2.45. The molecule has 1 amide bonds. The fourth-order valence-corrected chi connectivity index (χ4v) is 5.63. The van der Waals surface area contributed by atoms with Crippen molar-refractivity contribution in [3.8, 4) is 5.75 Å². The lowest BCUT2D eigenvalue weighted by Gasteiger charge is -2.30. The fourth-order valence-electron chi connectivity index (χ4n) is 4.92. The van der Waals surface area contributed by atoms with E-state index in [9.17, 15) is 4.79 Å². The number of carbonyl (C=O) groups excluding carboxylic acids is 1. The maximum Gasteiger partial charge on any atom is 0.252 e. The second-order valence-corrected chi connectivity index (χ2v) is 11.5. The monoisotopic (exact) mass is 648 g/mol. The van der Waals surface area contributed by atoms with Gasteiger partial charge in [0.1, 0.15) is 5.75 Å². The third-order valence-electron chi connectivity index (χ3n) is 7.21. The maximum absolute atomic E-state index is 14.3. The Balaban J connectivity index is 1.55. The van der Waals surface area contributed by atoms with E-state index in [2.05, 4.69) is 5.32 Å². The van der Waals surface area contributed by atoms with Gasteiger partial charge in [0.2, 0.25) is 5.90 Å². The van der Waals surface area contributed by atoms with Gasteiger partial charge < -0.3 is 19.9 Å². The smallest absolute Gasteiger partial charge is 0.252 e. The van der Waals surface area contributed by atoms with Gasteiger partial charge >= 0.3 is 0 Å². The van der Waals surface area contributed by atoms with Crippen molar-refractivity contribution < 1.29 is 19.4 Å². The van der Waals surface area contributed by atoms with E-state index in [1.807, 2.05) is 72.8 Å². The number of amides is 1. The van der Waals surface area contributed by atoms with Crippen molar-refractivity contribution in [3.05, 3.63) is 140 Å². The van der Waals surface area contributed by atoms with Crippen LogP contribution in [0.15, 0.2) is 108 Å². The summed E-state index contributed by atoms with van der Waals surface area (Å²) in [6.07, 6.45) is 3.76. The van der Waals surface area contributed by atoms with E-state index in [0.717, 1.165) is 11.1 Å². The molecular weight excluding hydrogens is 619 g/mol. The van der Waals surface area contributed by atoms with Gasteiger partial charge in [0.05, 0.1) is 6.61 Å². The van der Waals surface area contributed by atoms with Crippen LogP contribution in [-0.4, -0.2) is 35.7 Å². The van der Waals surface area contributed by atoms with Gasteiger partial charge in [-0.1, -0.05) is 102 Å². The number of benzene rings is 4. The first-order chi connectivity index (χ1) is 21.4. The molecule has 1 aliphatic rings. The molecule has 2 atom stereocenters. The third-order valence-corrected chi connectivity index (χ3v) is 8.14. The number of hydrogen-bond donors (Lipinski definition) is 2. The van der Waals surface area contributed by atoms with Crippen molar-refractivity contribution >= 4 is 52.7 Å². The van der Waals surface area contributed by atoms with E-state index in [4.69, 9.17) is 54.4 Å². The number of rotatable bonds is 12. The zero-order valence-electron chi connectivity index (χ0n) is 23.8. The molecular formula is C35H31Cl3N2O4. The molecule has 5 rings (SSSR count). The first-order valence-corrected chi connectivity index (χ1v) is 15.3. The summed E-state index contributed by atoms with van der Waals surface area (Å²) >= 11 is 19.4. The van der Waals surface area contributed by atoms with Gasteiger partial charge in [-0.2, -0.15) is 0 Å². The largest absolute Gasteiger partial charge is 0.494 e. The van der Waals surface area contributed by atoms with E-state index in [-0.39, 0.29) is 25.5 Å². The minimum absolute atomic E-state index is 0.0523. The van der Waals surface area contributed by atoms with Gasteiger partial charge in [-0.15, -0.1) is 0 Å². The Labute approximate surface area is 271 Å². The Morgan fingerprint density at radius 3 is 2.43 bits per heavy atom. The van der Waals surface area contributed by atoms with Crippen molar-refractivity contribution in [2.24, 2.45) is 4.99 Å². The number of nitrogens with zero attached hydrogens (tertiary/aromatic N) is 1. The van der Waals surface area contributed by atoms with Crippen molar-refractivity contribution in [2.75, 3.05) is 13.2 Å². The molecule has 0 fully saturated rings. The number of aliphatic hydroxyl groups excluding tert-OH is 1. The maximum atomic E-state index is 14.3. The molecule has 0 aliphatic carbocycles. The van der Waals surface area contributed by atoms with Gasteiger partial charge in [-0.05, 0) is 53.6 Å². The van der Waals surface area contributed by atoms with E-state index in [0.29, 0.717) is 50.9 Å². The molecule has 0 radical (unpaired) electrons. The second-order valence-electron chi connectivity index (χ2n) is 10.2. The molecule has 0 bridgehead atoms. The number of aliphatic imine (C=N–C) groups is 1. The quantitative estimate of drug-likeness (QED) is 0.152. The SMILES string of the molecule is O=C(NCc1ccccc1Cl)[C@]1(C/C=C/c2ccccc2)N=C(c2ccc(OCCCO)cc2)O[C@@H]1c1ccc(Cl)cc1Cl. The summed E-state index contributed by atoms with van der Waals surface area (Å²) in [6.45, 7) is 0.651. The zero-order valence-corrected chi connectivity index (χ0v) is 26.0. The third kappa shape index (κ3) is 7.45. The number of hydrogen-bond acceptors (Lipinski definition) is 5. The summed E-state index contributed by atoms with van der Waals surface area (Å²) in [5.74, 6) is 0.599. The second kappa shape index (κ2) is 14.8. The molecule has 4 aromatic rings. The van der Waals surface area contributed by atoms with Crippen LogP contribution >= 0.6 is 34.8 Å². The van der Waals surface area contributed by atoms with Gasteiger partial charge in [-0.3, -0.25) is 4.79 Å². The summed E-state index contributed by atoms with van der Waals surface area (Å²) in [7, 11) is 0. The average molecular weight is 650 g/mol. The van der Waals surface area contributed by atoms with Crippen LogP contribution in [0.3, 0.4) is 0 Å². The first kappa shape index (κ1) is 31.6. The summed E-state index contributed by atoms with van der Waals surface area (Å²) in [4.78, 5) is 19.4. The van der Waals surface area contributed by atoms with Gasteiger partial charge in [-0.25, -0.2) is 4.99 Å². The van der Waals surface area contributed by atoms with Crippen LogP contribution in [0, 0.1) is 0 Å². The Bertz CT molecular complexity index is 1640. The van der Waals surface area contributed by atoms with Gasteiger partial charge in [0, 0.05) is 52.2 Å². The molecule has 1 heterocycles. The lowest BCUT2D eigenvalue weighted by atomic mass is 9.84. The van der Waals surface area contributed by atoms with Crippen LogP contribution in [0.25, 0.3) is 6.08 Å². The fraction of sp³-hybridized carbons (Fsp3) is 0.200. The number of nitrogens with one attached hydrogen (secondary N) is 1. The molecule has 0 saturated carbocycles. The molecule has 4 aromatic carbocycles. The van der Waals surface area contributed by atoms with Crippen LogP contribution < -0.4 is 10.1 Å². The number of halogens is 3. The minimum Gasteiger partial charge on any atom is -0.494 e. The van der Waals surface area contributed by atoms with Gasteiger partial charge in [0.25, 0.3) is 5.91 Å². The molecule has 0 unspecified atom stereocenters. The highest BCUT2D eigenvalue weighted by molar-refractivity contribution is 6.35. The Morgan fingerprint density at radius 1 is 0.955 bits per heavy atom. The standard InChI is InChI=1S/C35H31Cl3N2O4/c36-27-15-18-29(31(38)22-27)32-35(19-6-10-24-8-2-1-3-9-24,34(42)39-23-26-11-4-5-12-30(26)37)40-33(44-32)25-13-16-28(17-14-25)43-21-7-20-41/h1-6,8-18,22,32,41H,7,19-21,23H2,(H,39,42)/b10-6+/t32-,35-/m1/s1. The summed E-state index contributed by atoms with van der Waals surface area (Å²) in [5.41, 5.74) is 1.59. The van der Waals surface area contributed by atoms with Crippen LogP contribution in [0.2, 0.25) is 15.1 Å². The summed E-state index contributed by atoms with van der Waals surface area (Å²) < 4.78 is 12.2. The van der Waals surface area contributed by atoms with Crippen LogP contribution in [0.5, 0.6) is 5.75 Å². The lowest BCUT2D eigenvalue weighted by molar-refractivity contribution is -0.129. The van der Waals surface area contributed by atoms with Crippen molar-refractivity contribution in [3.63, 3.8) is 0 Å². The minimum atomic E-state index is -1.42. The molecule has 6 nitrogen and oxygen atoms in total. The summed E-state index contributed by atoms with van der Waals surface area (Å²) in [5, 5.41) is 13.5. The van der Waals surface area contributed by atoms with E-state index < -0.39 is 11.6 Å². The predicted octanol–water partition coefficient (Wildman–Crippen LogP) is 8.08. The average Bonchev–Trinajstić information content (AvgIpc) is 3.42. The zero-order chi connectivity index (χ0) is 30.9.